The first kappa shape index (κ1) is 21.3. The highest BCUT2D eigenvalue weighted by atomic mass is 35.5. The van der Waals surface area contributed by atoms with E-state index < -0.39 is 10.0 Å². The fourth-order valence-electron chi connectivity index (χ4n) is 2.44. The molecule has 146 valence electrons. The normalized spacial score (nSPS) is 12.5. The Kier molecular flexibility index (Phi) is 6.89. The van der Waals surface area contributed by atoms with Gasteiger partial charge in [0.1, 0.15) is 6.54 Å². The Bertz CT molecular complexity index is 911. The number of halogens is 1. The van der Waals surface area contributed by atoms with Crippen molar-refractivity contribution in [2.24, 2.45) is 0 Å². The maximum absolute atomic E-state index is 13.2. The summed E-state index contributed by atoms with van der Waals surface area (Å²) >= 11 is 6.20. The lowest BCUT2D eigenvalue weighted by molar-refractivity contribution is -0.120. The maximum atomic E-state index is 13.2. The molecular formula is C20H25ClN2O3S. The van der Waals surface area contributed by atoms with Crippen LogP contribution in [0.15, 0.2) is 47.4 Å². The molecule has 1 amide bonds. The summed E-state index contributed by atoms with van der Waals surface area (Å²) in [4.78, 5) is 12.6. The molecule has 0 saturated heterocycles. The molecule has 2 rings (SSSR count). The van der Waals surface area contributed by atoms with E-state index in [4.69, 9.17) is 11.6 Å². The van der Waals surface area contributed by atoms with Gasteiger partial charge in [-0.15, -0.1) is 0 Å². The quantitative estimate of drug-likeness (QED) is 0.751. The van der Waals surface area contributed by atoms with Gasteiger partial charge in [-0.25, -0.2) is 8.42 Å². The smallest absolute Gasteiger partial charge is 0.264 e. The van der Waals surface area contributed by atoms with Crippen LogP contribution < -0.4 is 9.62 Å². The second kappa shape index (κ2) is 8.76. The van der Waals surface area contributed by atoms with Gasteiger partial charge in [-0.1, -0.05) is 42.3 Å². The van der Waals surface area contributed by atoms with Crippen molar-refractivity contribution in [1.82, 2.24) is 5.32 Å². The second-order valence-electron chi connectivity index (χ2n) is 6.64. The Balaban J connectivity index is 2.46. The molecule has 0 aliphatic carbocycles. The van der Waals surface area contributed by atoms with Crippen molar-refractivity contribution in [2.75, 3.05) is 10.8 Å². The van der Waals surface area contributed by atoms with E-state index in [2.05, 4.69) is 5.32 Å². The van der Waals surface area contributed by atoms with Crippen LogP contribution in [0.4, 0.5) is 5.69 Å². The topological polar surface area (TPSA) is 66.5 Å². The summed E-state index contributed by atoms with van der Waals surface area (Å²) in [5, 5.41) is 3.25. The number of aryl methyl sites for hydroxylation is 2. The van der Waals surface area contributed by atoms with E-state index in [1.54, 1.807) is 42.5 Å². The van der Waals surface area contributed by atoms with Crippen LogP contribution in [0.2, 0.25) is 5.02 Å². The number of sulfonamides is 1. The summed E-state index contributed by atoms with van der Waals surface area (Å²) < 4.78 is 27.6. The van der Waals surface area contributed by atoms with Crippen LogP contribution in [0.3, 0.4) is 0 Å². The van der Waals surface area contributed by atoms with Gasteiger partial charge in [-0.3, -0.25) is 9.10 Å². The SMILES string of the molecule is CC[C@@H](C)NC(=O)CN(c1ccc(C)c(Cl)c1)S(=O)(=O)c1ccc(C)cc1. The van der Waals surface area contributed by atoms with E-state index >= 15 is 0 Å². The first-order valence-corrected chi connectivity index (χ1v) is 10.6. The van der Waals surface area contributed by atoms with Gasteiger partial charge in [0.15, 0.2) is 0 Å². The number of nitrogens with one attached hydrogen (secondary N) is 1. The molecule has 5 nitrogen and oxygen atoms in total. The zero-order valence-corrected chi connectivity index (χ0v) is 17.6. The van der Waals surface area contributed by atoms with Gasteiger partial charge in [-0.05, 0) is 57.0 Å². The predicted molar refractivity (Wildman–Crippen MR) is 110 cm³/mol. The molecule has 1 atom stereocenters. The van der Waals surface area contributed by atoms with E-state index in [-0.39, 0.29) is 23.4 Å². The number of nitrogens with zero attached hydrogens (tertiary/aromatic N) is 1. The molecule has 0 saturated carbocycles. The number of anilines is 1. The van der Waals surface area contributed by atoms with Crippen LogP contribution in [0, 0.1) is 13.8 Å². The van der Waals surface area contributed by atoms with Crippen LogP contribution in [0.5, 0.6) is 0 Å². The van der Waals surface area contributed by atoms with Crippen molar-refractivity contribution >= 4 is 33.2 Å². The second-order valence-corrected chi connectivity index (χ2v) is 8.90. The number of hydrogen-bond acceptors (Lipinski definition) is 3. The summed E-state index contributed by atoms with van der Waals surface area (Å²) in [7, 11) is -3.92. The summed E-state index contributed by atoms with van der Waals surface area (Å²) in [6.45, 7) is 7.22. The fourth-order valence-corrected chi connectivity index (χ4v) is 4.03. The van der Waals surface area contributed by atoms with E-state index in [9.17, 15) is 13.2 Å². The Morgan fingerprint density at radius 2 is 1.78 bits per heavy atom. The average molecular weight is 409 g/mol. The molecule has 0 radical (unpaired) electrons. The molecule has 27 heavy (non-hydrogen) atoms. The van der Waals surface area contributed by atoms with E-state index in [0.29, 0.717) is 10.7 Å². The molecule has 1 N–H and O–H groups in total. The first-order chi connectivity index (χ1) is 12.6. The van der Waals surface area contributed by atoms with Gasteiger partial charge in [0.05, 0.1) is 10.6 Å². The van der Waals surface area contributed by atoms with Gasteiger partial charge in [0.2, 0.25) is 5.91 Å². The van der Waals surface area contributed by atoms with Crippen molar-refractivity contribution in [3.8, 4) is 0 Å². The largest absolute Gasteiger partial charge is 0.352 e. The number of benzene rings is 2. The highest BCUT2D eigenvalue weighted by Gasteiger charge is 2.27. The summed E-state index contributed by atoms with van der Waals surface area (Å²) in [5.74, 6) is -0.364. The lowest BCUT2D eigenvalue weighted by Gasteiger charge is -2.25. The third kappa shape index (κ3) is 5.23. The molecule has 0 fully saturated rings. The van der Waals surface area contributed by atoms with Gasteiger partial charge in [-0.2, -0.15) is 0 Å². The zero-order valence-electron chi connectivity index (χ0n) is 16.0. The van der Waals surface area contributed by atoms with Crippen LogP contribution in [-0.2, 0) is 14.8 Å². The van der Waals surface area contributed by atoms with Gasteiger partial charge >= 0.3 is 0 Å². The Morgan fingerprint density at radius 3 is 2.33 bits per heavy atom. The van der Waals surface area contributed by atoms with Crippen molar-refractivity contribution in [3.63, 3.8) is 0 Å². The Hall–Kier alpha value is -2.05. The molecule has 0 aliphatic rings. The van der Waals surface area contributed by atoms with Crippen molar-refractivity contribution < 1.29 is 13.2 Å². The third-order valence-corrected chi connectivity index (χ3v) is 6.55. The predicted octanol–water partition coefficient (Wildman–Crippen LogP) is 4.07. The summed E-state index contributed by atoms with van der Waals surface area (Å²) in [6, 6.07) is 11.5. The van der Waals surface area contributed by atoms with Crippen molar-refractivity contribution in [2.45, 2.75) is 45.1 Å². The minimum atomic E-state index is -3.92. The number of carbonyl (C=O) groups excluding carboxylic acids is 1. The molecule has 0 spiro atoms. The van der Waals surface area contributed by atoms with Crippen LogP contribution in [0.1, 0.15) is 31.4 Å². The maximum Gasteiger partial charge on any atom is 0.264 e. The average Bonchev–Trinajstić information content (AvgIpc) is 2.62. The molecule has 0 unspecified atom stereocenters. The monoisotopic (exact) mass is 408 g/mol. The number of amides is 1. The Labute approximate surface area is 166 Å². The molecule has 0 aromatic heterocycles. The molecule has 2 aromatic carbocycles. The van der Waals surface area contributed by atoms with E-state index in [1.807, 2.05) is 27.7 Å². The van der Waals surface area contributed by atoms with E-state index in [0.717, 1.165) is 21.9 Å². The van der Waals surface area contributed by atoms with Gasteiger partial charge < -0.3 is 5.32 Å². The fraction of sp³-hybridized carbons (Fsp3) is 0.350. The van der Waals surface area contributed by atoms with Crippen molar-refractivity contribution in [3.05, 3.63) is 58.6 Å². The molecule has 0 bridgehead atoms. The minimum absolute atomic E-state index is 0.0389. The first-order valence-electron chi connectivity index (χ1n) is 8.80. The Morgan fingerprint density at radius 1 is 1.15 bits per heavy atom. The van der Waals surface area contributed by atoms with Crippen molar-refractivity contribution in [1.29, 1.82) is 0 Å². The van der Waals surface area contributed by atoms with Crippen LogP contribution in [-0.4, -0.2) is 26.9 Å². The number of carbonyl (C=O) groups is 1. The zero-order chi connectivity index (χ0) is 20.2. The molecule has 0 heterocycles. The summed E-state index contributed by atoms with van der Waals surface area (Å²) in [6.07, 6.45) is 0.757. The molecule has 2 aromatic rings. The van der Waals surface area contributed by atoms with Crippen LogP contribution in [0.25, 0.3) is 0 Å². The highest BCUT2D eigenvalue weighted by Crippen LogP contribution is 2.28. The third-order valence-electron chi connectivity index (χ3n) is 4.36. The van der Waals surface area contributed by atoms with Gasteiger partial charge in [0.25, 0.3) is 10.0 Å². The minimum Gasteiger partial charge on any atom is -0.352 e. The molecule has 0 aliphatic heterocycles. The lowest BCUT2D eigenvalue weighted by atomic mass is 10.2. The number of hydrogen-bond donors (Lipinski definition) is 1. The van der Waals surface area contributed by atoms with E-state index in [1.165, 1.54) is 0 Å². The van der Waals surface area contributed by atoms with Gasteiger partial charge in [0, 0.05) is 11.1 Å². The molecular weight excluding hydrogens is 384 g/mol. The number of rotatable bonds is 7. The summed E-state index contributed by atoms with van der Waals surface area (Å²) in [5.41, 5.74) is 2.14. The standard InChI is InChI=1S/C20H25ClN2O3S/c1-5-16(4)22-20(24)13-23(17-9-8-15(3)19(21)12-17)27(25,26)18-10-6-14(2)7-11-18/h6-12,16H,5,13H2,1-4H3,(H,22,24)/t16-/m1/s1. The molecule has 7 heteroatoms. The highest BCUT2D eigenvalue weighted by molar-refractivity contribution is 7.92. The van der Waals surface area contributed by atoms with Crippen LogP contribution >= 0.6 is 11.6 Å². The lowest BCUT2D eigenvalue weighted by Crippen LogP contribution is -2.43.